The Bertz CT molecular complexity index is 1410. The summed E-state index contributed by atoms with van der Waals surface area (Å²) in [6.07, 6.45) is 0. The predicted molar refractivity (Wildman–Crippen MR) is 114 cm³/mol. The van der Waals surface area contributed by atoms with E-state index in [1.165, 1.54) is 29.5 Å². The van der Waals surface area contributed by atoms with Gasteiger partial charge in [-0.3, -0.25) is 0 Å². The second-order valence-electron chi connectivity index (χ2n) is 6.03. The van der Waals surface area contributed by atoms with Crippen LogP contribution in [0.3, 0.4) is 0 Å². The first kappa shape index (κ1) is 19.5. The average Bonchev–Trinajstić information content (AvgIpc) is 3.18. The zero-order valence-corrected chi connectivity index (χ0v) is 16.7. The van der Waals surface area contributed by atoms with Gasteiger partial charge in [-0.1, -0.05) is 6.07 Å². The summed E-state index contributed by atoms with van der Waals surface area (Å²) in [6, 6.07) is 18.2. The van der Waals surface area contributed by atoms with E-state index >= 15 is 0 Å². The van der Waals surface area contributed by atoms with Gasteiger partial charge in [-0.15, -0.1) is 11.3 Å². The van der Waals surface area contributed by atoms with E-state index in [1.807, 2.05) is 12.1 Å². The number of aromatic nitrogens is 1. The maximum atomic E-state index is 12.2. The van der Waals surface area contributed by atoms with Crippen LogP contribution in [0.2, 0.25) is 0 Å². The molecule has 0 radical (unpaired) electrons. The first-order valence-corrected chi connectivity index (χ1v) is 10.7. The molecule has 4 rings (SSSR count). The van der Waals surface area contributed by atoms with E-state index in [1.54, 1.807) is 36.4 Å². The van der Waals surface area contributed by atoms with E-state index in [2.05, 4.69) is 24.6 Å². The third-order valence-electron chi connectivity index (χ3n) is 4.05. The lowest BCUT2D eigenvalue weighted by molar-refractivity contribution is 0.475. The molecule has 3 aromatic carbocycles. The SMILES string of the molecule is [N-]=[N+]=NS(=O)(=O)c1cccc2nc(-c3ccc(N=Nc4ccc(O)cc4)cc3)sc12. The second-order valence-corrected chi connectivity index (χ2v) is 8.59. The molecule has 0 aliphatic rings. The van der Waals surface area contributed by atoms with Crippen LogP contribution in [0, 0.1) is 0 Å². The number of phenols is 1. The van der Waals surface area contributed by atoms with Gasteiger partial charge in [0, 0.05) is 15.0 Å². The Balaban J connectivity index is 1.64. The number of phenolic OH excluding ortho intramolecular Hbond substituents is 1. The fourth-order valence-corrected chi connectivity index (χ4v) is 4.84. The number of thiazole rings is 1. The minimum atomic E-state index is -4.11. The fraction of sp³-hybridized carbons (Fsp3) is 0. The molecular weight excluding hydrogens is 424 g/mol. The molecular formula is C19H12N6O3S2. The van der Waals surface area contributed by atoms with Crippen LogP contribution in [-0.4, -0.2) is 18.5 Å². The number of sulfonamides is 1. The number of hydrogen-bond acceptors (Lipinski definition) is 7. The molecule has 0 bridgehead atoms. The molecule has 0 saturated heterocycles. The molecule has 0 unspecified atom stereocenters. The van der Waals surface area contributed by atoms with Crippen molar-refractivity contribution in [1.29, 1.82) is 0 Å². The summed E-state index contributed by atoms with van der Waals surface area (Å²) in [5.41, 5.74) is 11.0. The smallest absolute Gasteiger partial charge is 0.265 e. The highest BCUT2D eigenvalue weighted by Crippen LogP contribution is 2.35. The topological polar surface area (TPSA) is 141 Å². The third-order valence-corrected chi connectivity index (χ3v) is 6.51. The molecule has 0 atom stereocenters. The molecule has 0 fully saturated rings. The third kappa shape index (κ3) is 3.98. The number of hydrogen-bond donors (Lipinski definition) is 1. The molecule has 4 aromatic rings. The van der Waals surface area contributed by atoms with Gasteiger partial charge < -0.3 is 5.11 Å². The van der Waals surface area contributed by atoms with Crippen molar-refractivity contribution in [2.75, 3.05) is 0 Å². The maximum Gasteiger partial charge on any atom is 0.265 e. The zero-order valence-electron chi connectivity index (χ0n) is 15.1. The Kier molecular flexibility index (Phi) is 5.15. The van der Waals surface area contributed by atoms with Gasteiger partial charge in [0.05, 0.1) is 26.5 Å². The second kappa shape index (κ2) is 7.91. The van der Waals surface area contributed by atoms with Crippen LogP contribution >= 0.6 is 11.3 Å². The quantitative estimate of drug-likeness (QED) is 0.230. The highest BCUT2D eigenvalue weighted by atomic mass is 32.2. The van der Waals surface area contributed by atoms with Crippen molar-refractivity contribution in [2.45, 2.75) is 4.90 Å². The lowest BCUT2D eigenvalue weighted by atomic mass is 10.2. The van der Waals surface area contributed by atoms with E-state index in [-0.39, 0.29) is 10.6 Å². The van der Waals surface area contributed by atoms with Gasteiger partial charge >= 0.3 is 0 Å². The van der Waals surface area contributed by atoms with Crippen molar-refractivity contribution < 1.29 is 13.5 Å². The Morgan fingerprint density at radius 1 is 0.933 bits per heavy atom. The number of fused-ring (bicyclic) bond motifs is 1. The van der Waals surface area contributed by atoms with E-state index in [9.17, 15) is 13.5 Å². The van der Waals surface area contributed by atoms with Crippen LogP contribution in [0.25, 0.3) is 31.2 Å². The zero-order chi connectivity index (χ0) is 21.1. The number of nitrogens with zero attached hydrogens (tertiary/aromatic N) is 6. The van der Waals surface area contributed by atoms with E-state index < -0.39 is 10.0 Å². The fourth-order valence-electron chi connectivity index (χ4n) is 2.65. The van der Waals surface area contributed by atoms with Crippen LogP contribution in [-0.2, 0) is 10.0 Å². The molecule has 0 saturated carbocycles. The van der Waals surface area contributed by atoms with Gasteiger partial charge in [0.25, 0.3) is 10.0 Å². The molecule has 0 aliphatic carbocycles. The molecule has 1 heterocycles. The number of rotatable bonds is 5. The standard InChI is InChI=1S/C19H12N6O3S2/c20-24-25-30(27,28)17-3-1-2-16-18(17)29-19(21-16)12-4-6-13(7-5-12)22-23-14-8-10-15(26)11-9-14/h1-11,26H. The Hall–Kier alpha value is -3.79. The summed E-state index contributed by atoms with van der Waals surface area (Å²) < 4.78 is 27.7. The monoisotopic (exact) mass is 436 g/mol. The van der Waals surface area contributed by atoms with Crippen LogP contribution < -0.4 is 0 Å². The molecule has 9 nitrogen and oxygen atoms in total. The Morgan fingerprint density at radius 2 is 1.57 bits per heavy atom. The van der Waals surface area contributed by atoms with Gasteiger partial charge in [0.2, 0.25) is 0 Å². The average molecular weight is 436 g/mol. The normalized spacial score (nSPS) is 11.6. The van der Waals surface area contributed by atoms with Gasteiger partial charge in [-0.25, -0.2) is 13.4 Å². The summed E-state index contributed by atoms with van der Waals surface area (Å²) in [5, 5.41) is 18.2. The summed E-state index contributed by atoms with van der Waals surface area (Å²) in [4.78, 5) is 6.82. The van der Waals surface area contributed by atoms with Crippen LogP contribution in [0.15, 0.2) is 86.4 Å². The maximum absolute atomic E-state index is 12.2. The van der Waals surface area contributed by atoms with E-state index in [4.69, 9.17) is 5.53 Å². The molecule has 30 heavy (non-hydrogen) atoms. The molecule has 11 heteroatoms. The van der Waals surface area contributed by atoms with Gasteiger partial charge in [0.15, 0.2) is 0 Å². The minimum Gasteiger partial charge on any atom is -0.508 e. The van der Waals surface area contributed by atoms with Crippen LogP contribution in [0.4, 0.5) is 11.4 Å². The number of aromatic hydroxyl groups is 1. The molecule has 0 spiro atoms. The lowest BCUT2D eigenvalue weighted by Gasteiger charge is -1.98. The summed E-state index contributed by atoms with van der Waals surface area (Å²) in [5.74, 6) is 0.157. The van der Waals surface area contributed by atoms with E-state index in [0.717, 1.165) is 5.56 Å². The van der Waals surface area contributed by atoms with E-state index in [0.29, 0.717) is 26.6 Å². The summed E-state index contributed by atoms with van der Waals surface area (Å²) in [7, 11) is -4.11. The molecule has 0 amide bonds. The first-order valence-electron chi connectivity index (χ1n) is 8.48. The van der Waals surface area contributed by atoms with Crippen molar-refractivity contribution in [1.82, 2.24) is 4.98 Å². The first-order chi connectivity index (χ1) is 14.5. The largest absolute Gasteiger partial charge is 0.508 e. The molecule has 0 aliphatic heterocycles. The summed E-state index contributed by atoms with van der Waals surface area (Å²) >= 11 is 1.20. The van der Waals surface area contributed by atoms with Crippen molar-refractivity contribution in [2.24, 2.45) is 14.7 Å². The number of benzene rings is 3. The Labute approximate surface area is 174 Å². The molecule has 148 valence electrons. The van der Waals surface area contributed by atoms with Crippen molar-refractivity contribution in [3.05, 3.63) is 77.2 Å². The molecule has 1 N–H and O–H groups in total. The van der Waals surface area contributed by atoms with Gasteiger partial charge in [0.1, 0.15) is 10.8 Å². The number of azo groups is 1. The van der Waals surface area contributed by atoms with Crippen molar-refractivity contribution >= 4 is 43.0 Å². The Morgan fingerprint density at radius 3 is 2.20 bits per heavy atom. The van der Waals surface area contributed by atoms with Gasteiger partial charge in [-0.2, -0.15) is 10.2 Å². The predicted octanol–water partition coefficient (Wildman–Crippen LogP) is 6.08. The molecule has 1 aromatic heterocycles. The van der Waals surface area contributed by atoms with Crippen molar-refractivity contribution in [3.63, 3.8) is 0 Å². The summed E-state index contributed by atoms with van der Waals surface area (Å²) in [6.45, 7) is 0. The number of azide groups is 1. The highest BCUT2D eigenvalue weighted by Gasteiger charge is 2.19. The minimum absolute atomic E-state index is 0.0686. The lowest BCUT2D eigenvalue weighted by Crippen LogP contribution is -1.94. The van der Waals surface area contributed by atoms with Crippen LogP contribution in [0.5, 0.6) is 5.75 Å². The van der Waals surface area contributed by atoms with Crippen LogP contribution in [0.1, 0.15) is 0 Å². The van der Waals surface area contributed by atoms with Gasteiger partial charge in [-0.05, 0) is 66.2 Å². The highest BCUT2D eigenvalue weighted by molar-refractivity contribution is 7.90. The van der Waals surface area contributed by atoms with Crippen molar-refractivity contribution in [3.8, 4) is 16.3 Å².